The lowest BCUT2D eigenvalue weighted by Gasteiger charge is -2.29. The summed E-state index contributed by atoms with van der Waals surface area (Å²) in [5, 5.41) is 8.14. The van der Waals surface area contributed by atoms with Crippen LogP contribution in [0.2, 0.25) is 0 Å². The second-order valence-corrected chi connectivity index (χ2v) is 7.02. The lowest BCUT2D eigenvalue weighted by Crippen LogP contribution is -2.52. The molecule has 1 saturated heterocycles. The highest BCUT2D eigenvalue weighted by Gasteiger charge is 2.40. The molecule has 2 aromatic rings. The number of imide groups is 1. The Labute approximate surface area is 179 Å². The third-order valence-electron chi connectivity index (χ3n) is 5.24. The molecule has 2 aliphatic heterocycles. The molecule has 2 aliphatic rings. The molecule has 0 radical (unpaired) electrons. The number of hydrogen-bond donors (Lipinski definition) is 3. The Morgan fingerprint density at radius 2 is 1.83 bits per heavy atom. The van der Waals surface area contributed by atoms with Crippen LogP contribution in [0.15, 0.2) is 42.5 Å². The van der Waals surface area contributed by atoms with Gasteiger partial charge < -0.3 is 15.5 Å². The minimum Gasteiger partial charge on any atom is -0.388 e. The molecule has 1 atom stereocenters. The van der Waals surface area contributed by atoms with E-state index >= 15 is 0 Å². The molecule has 0 aromatic heterocycles. The Morgan fingerprint density at radius 1 is 1.10 bits per heavy atom. The van der Waals surface area contributed by atoms with Gasteiger partial charge in [0.25, 0.3) is 11.8 Å². The number of nitrogens with zero attached hydrogens (tertiary/aromatic N) is 1. The van der Waals surface area contributed by atoms with E-state index in [1.54, 1.807) is 31.3 Å². The van der Waals surface area contributed by atoms with Crippen LogP contribution < -0.4 is 16.0 Å². The highest BCUT2D eigenvalue weighted by Crippen LogP contribution is 2.30. The molecule has 4 amide bonds. The van der Waals surface area contributed by atoms with Crippen LogP contribution in [-0.4, -0.2) is 41.6 Å². The Morgan fingerprint density at radius 3 is 2.57 bits per heavy atom. The standard InChI is InChI=1S/C21H20N4O4.ClH/c1-22-12-4-2-5-13(10-12)23-19(27)14-6-3-7-15-16(14)11-25(21(15)29)17-8-9-18(26)24-20(17)28;/h2-7,10,17,22H,8-9,11H2,1H3,(H,23,27)(H,24,26,28);1H. The van der Waals surface area contributed by atoms with Gasteiger partial charge in [-0.1, -0.05) is 12.1 Å². The van der Waals surface area contributed by atoms with Crippen molar-refractivity contribution in [3.05, 3.63) is 59.2 Å². The monoisotopic (exact) mass is 428 g/mol. The van der Waals surface area contributed by atoms with Gasteiger partial charge in [-0.15, -0.1) is 12.4 Å². The first-order valence-corrected chi connectivity index (χ1v) is 9.33. The van der Waals surface area contributed by atoms with E-state index in [1.165, 1.54) is 4.90 Å². The van der Waals surface area contributed by atoms with Gasteiger partial charge in [0, 0.05) is 42.5 Å². The smallest absolute Gasteiger partial charge is 0.256 e. The molecule has 9 heteroatoms. The number of nitrogens with one attached hydrogen (secondary N) is 3. The second-order valence-electron chi connectivity index (χ2n) is 7.02. The molecule has 4 rings (SSSR count). The van der Waals surface area contributed by atoms with Crippen molar-refractivity contribution >= 4 is 47.4 Å². The van der Waals surface area contributed by atoms with Gasteiger partial charge in [0.1, 0.15) is 6.04 Å². The summed E-state index contributed by atoms with van der Waals surface area (Å²) >= 11 is 0. The van der Waals surface area contributed by atoms with Gasteiger partial charge in [-0.05, 0) is 42.3 Å². The van der Waals surface area contributed by atoms with Gasteiger partial charge in [-0.25, -0.2) is 0 Å². The molecule has 2 aromatic carbocycles. The molecule has 8 nitrogen and oxygen atoms in total. The van der Waals surface area contributed by atoms with Gasteiger partial charge in [-0.2, -0.15) is 0 Å². The van der Waals surface area contributed by atoms with E-state index < -0.39 is 11.9 Å². The summed E-state index contributed by atoms with van der Waals surface area (Å²) in [5.41, 5.74) is 2.88. The van der Waals surface area contributed by atoms with Crippen molar-refractivity contribution < 1.29 is 19.2 Å². The van der Waals surface area contributed by atoms with E-state index in [4.69, 9.17) is 0 Å². The van der Waals surface area contributed by atoms with Gasteiger partial charge in [-0.3, -0.25) is 24.5 Å². The van der Waals surface area contributed by atoms with Crippen LogP contribution in [0.25, 0.3) is 0 Å². The van der Waals surface area contributed by atoms with Gasteiger partial charge in [0.05, 0.1) is 0 Å². The summed E-state index contributed by atoms with van der Waals surface area (Å²) in [6.07, 6.45) is 0.467. The lowest BCUT2D eigenvalue weighted by atomic mass is 10.0. The van der Waals surface area contributed by atoms with E-state index in [9.17, 15) is 19.2 Å². The molecular weight excluding hydrogens is 408 g/mol. The maximum atomic E-state index is 12.9. The molecule has 30 heavy (non-hydrogen) atoms. The average molecular weight is 429 g/mol. The van der Waals surface area contributed by atoms with Crippen molar-refractivity contribution in [2.45, 2.75) is 25.4 Å². The highest BCUT2D eigenvalue weighted by molar-refractivity contribution is 6.10. The Kier molecular flexibility index (Phi) is 6.07. The van der Waals surface area contributed by atoms with Crippen molar-refractivity contribution in [2.75, 3.05) is 17.7 Å². The third kappa shape index (κ3) is 3.86. The number of carbonyl (C=O) groups is 4. The zero-order chi connectivity index (χ0) is 20.5. The summed E-state index contributed by atoms with van der Waals surface area (Å²) in [5.74, 6) is -1.44. The fourth-order valence-corrected chi connectivity index (χ4v) is 3.75. The molecule has 1 unspecified atom stereocenters. The predicted molar refractivity (Wildman–Crippen MR) is 114 cm³/mol. The number of fused-ring (bicyclic) bond motifs is 1. The topological polar surface area (TPSA) is 108 Å². The quantitative estimate of drug-likeness (QED) is 0.647. The Balaban J connectivity index is 0.00000256. The van der Waals surface area contributed by atoms with Crippen LogP contribution in [0.1, 0.15) is 39.1 Å². The van der Waals surface area contributed by atoms with Crippen molar-refractivity contribution in [2.24, 2.45) is 0 Å². The summed E-state index contributed by atoms with van der Waals surface area (Å²) in [4.78, 5) is 50.8. The first-order valence-electron chi connectivity index (χ1n) is 9.33. The fourth-order valence-electron chi connectivity index (χ4n) is 3.75. The number of halogens is 1. The van der Waals surface area contributed by atoms with Crippen LogP contribution in [0.3, 0.4) is 0 Å². The summed E-state index contributed by atoms with van der Waals surface area (Å²) < 4.78 is 0. The molecular formula is C21H21ClN4O4. The minimum atomic E-state index is -0.712. The molecule has 0 bridgehead atoms. The summed E-state index contributed by atoms with van der Waals surface area (Å²) in [6.45, 7) is 0.153. The zero-order valence-corrected chi connectivity index (χ0v) is 17.0. The molecule has 156 valence electrons. The van der Waals surface area contributed by atoms with E-state index in [1.807, 2.05) is 18.2 Å². The SMILES string of the molecule is CNc1cccc(NC(=O)c2cccc3c2CN(C2CCC(=O)NC2=O)C3=O)c1.Cl. The Hall–Kier alpha value is -3.39. The minimum absolute atomic E-state index is 0. The molecule has 0 aliphatic carbocycles. The number of carbonyl (C=O) groups excluding carboxylic acids is 4. The average Bonchev–Trinajstić information content (AvgIpc) is 3.04. The van der Waals surface area contributed by atoms with Crippen LogP contribution >= 0.6 is 12.4 Å². The van der Waals surface area contributed by atoms with E-state index in [0.29, 0.717) is 22.4 Å². The van der Waals surface area contributed by atoms with Crippen LogP contribution in [-0.2, 0) is 16.1 Å². The first kappa shape index (κ1) is 21.3. The van der Waals surface area contributed by atoms with Crippen molar-refractivity contribution in [1.29, 1.82) is 0 Å². The fraction of sp³-hybridized carbons (Fsp3) is 0.238. The molecule has 0 saturated carbocycles. The number of amides is 4. The summed E-state index contributed by atoms with van der Waals surface area (Å²) in [6, 6.07) is 11.6. The number of anilines is 2. The number of benzene rings is 2. The number of rotatable bonds is 4. The second kappa shape index (κ2) is 8.54. The van der Waals surface area contributed by atoms with E-state index in [0.717, 1.165) is 5.69 Å². The van der Waals surface area contributed by atoms with Crippen molar-refractivity contribution in [1.82, 2.24) is 10.2 Å². The molecule has 2 heterocycles. The molecule has 0 spiro atoms. The first-order chi connectivity index (χ1) is 14.0. The van der Waals surface area contributed by atoms with Crippen LogP contribution in [0.4, 0.5) is 11.4 Å². The maximum Gasteiger partial charge on any atom is 0.256 e. The largest absolute Gasteiger partial charge is 0.388 e. The van der Waals surface area contributed by atoms with Crippen molar-refractivity contribution in [3.63, 3.8) is 0 Å². The van der Waals surface area contributed by atoms with Crippen LogP contribution in [0.5, 0.6) is 0 Å². The third-order valence-corrected chi connectivity index (χ3v) is 5.24. The van der Waals surface area contributed by atoms with Crippen molar-refractivity contribution in [3.8, 4) is 0 Å². The predicted octanol–water partition coefficient (Wildman–Crippen LogP) is 2.16. The lowest BCUT2D eigenvalue weighted by molar-refractivity contribution is -0.136. The zero-order valence-electron chi connectivity index (χ0n) is 16.2. The molecule has 1 fully saturated rings. The molecule has 3 N–H and O–H groups in total. The number of hydrogen-bond acceptors (Lipinski definition) is 5. The Bertz CT molecular complexity index is 1040. The van der Waals surface area contributed by atoms with Gasteiger partial charge in [0.2, 0.25) is 11.8 Å². The van der Waals surface area contributed by atoms with E-state index in [-0.39, 0.29) is 49.5 Å². The summed E-state index contributed by atoms with van der Waals surface area (Å²) in [7, 11) is 1.79. The normalized spacial score (nSPS) is 17.7. The van der Waals surface area contributed by atoms with E-state index in [2.05, 4.69) is 16.0 Å². The highest BCUT2D eigenvalue weighted by atomic mass is 35.5. The van der Waals surface area contributed by atoms with Gasteiger partial charge >= 0.3 is 0 Å². The number of piperidine rings is 1. The maximum absolute atomic E-state index is 12.9. The van der Waals surface area contributed by atoms with Crippen LogP contribution in [0, 0.1) is 0 Å². The van der Waals surface area contributed by atoms with Gasteiger partial charge in [0.15, 0.2) is 0 Å².